The molecule has 2 aromatic rings. The lowest BCUT2D eigenvalue weighted by Gasteiger charge is -2.23. The summed E-state index contributed by atoms with van der Waals surface area (Å²) in [7, 11) is 0. The van der Waals surface area contributed by atoms with Crippen LogP contribution in [0.1, 0.15) is 46.2 Å². The highest BCUT2D eigenvalue weighted by Crippen LogP contribution is 2.22. The van der Waals surface area contributed by atoms with E-state index in [0.717, 1.165) is 48.5 Å². The van der Waals surface area contributed by atoms with E-state index in [1.807, 2.05) is 43.7 Å². The Morgan fingerprint density at radius 2 is 1.93 bits per heavy atom. The van der Waals surface area contributed by atoms with Crippen LogP contribution in [-0.2, 0) is 0 Å². The van der Waals surface area contributed by atoms with Gasteiger partial charge in [0.15, 0.2) is 5.69 Å². The lowest BCUT2D eigenvalue weighted by molar-refractivity contribution is 0.0941. The molecule has 0 saturated carbocycles. The molecular weight excluding hydrogens is 366 g/mol. The second kappa shape index (κ2) is 9.71. The van der Waals surface area contributed by atoms with E-state index in [4.69, 9.17) is 4.74 Å². The lowest BCUT2D eigenvalue weighted by atomic mass is 10.1. The molecule has 2 heterocycles. The molecule has 1 aliphatic rings. The Balaban J connectivity index is 0.00000261. The second-order valence-electron chi connectivity index (χ2n) is 6.77. The third-order valence-corrected chi connectivity index (χ3v) is 4.84. The lowest BCUT2D eigenvalue weighted by Crippen LogP contribution is -2.31. The van der Waals surface area contributed by atoms with Gasteiger partial charge in [-0.15, -0.1) is 17.5 Å². The summed E-state index contributed by atoms with van der Waals surface area (Å²) in [6.45, 7) is 8.73. The summed E-state index contributed by atoms with van der Waals surface area (Å²) >= 11 is 0. The van der Waals surface area contributed by atoms with Crippen molar-refractivity contribution in [1.29, 1.82) is 0 Å². The molecule has 1 saturated heterocycles. The number of nitrogens with one attached hydrogen (secondary N) is 2. The minimum atomic E-state index is -0.201. The van der Waals surface area contributed by atoms with Gasteiger partial charge in [-0.2, -0.15) is 0 Å². The minimum absolute atomic E-state index is 0. The van der Waals surface area contributed by atoms with Crippen molar-refractivity contribution in [2.75, 3.05) is 26.2 Å². The van der Waals surface area contributed by atoms with E-state index in [2.05, 4.69) is 20.9 Å². The number of aryl methyl sites for hydroxylation is 2. The molecule has 0 bridgehead atoms. The molecule has 0 aliphatic carbocycles. The Morgan fingerprint density at radius 3 is 2.59 bits per heavy atom. The fourth-order valence-electron chi connectivity index (χ4n) is 3.38. The van der Waals surface area contributed by atoms with Crippen LogP contribution in [0.3, 0.4) is 0 Å². The third-order valence-electron chi connectivity index (χ3n) is 4.84. The highest BCUT2D eigenvalue weighted by Gasteiger charge is 2.22. The normalized spacial score (nSPS) is 14.5. The van der Waals surface area contributed by atoms with Crippen LogP contribution >= 0.6 is 12.4 Å². The number of para-hydroxylation sites is 1. The summed E-state index contributed by atoms with van der Waals surface area (Å²) in [5.74, 6) is 0.683. The van der Waals surface area contributed by atoms with Gasteiger partial charge >= 0.3 is 0 Å². The topological polar surface area (TPSA) is 81.1 Å². The number of hydrogen-bond donors (Lipinski definition) is 2. The molecular formula is C19H28ClN5O2. The first-order valence-corrected chi connectivity index (χ1v) is 9.17. The molecule has 1 aliphatic heterocycles. The van der Waals surface area contributed by atoms with Crippen molar-refractivity contribution in [1.82, 2.24) is 25.6 Å². The maximum absolute atomic E-state index is 12.4. The van der Waals surface area contributed by atoms with Crippen LogP contribution in [0.5, 0.6) is 5.75 Å². The standard InChI is InChI=1S/C19H27N5O2.ClH/c1-13-5-4-6-14(2)18(13)26-12-11-21-19(25)17-15(3)24(23-22-17)16-7-9-20-10-8-16;/h4-6,16,20H,7-12H2,1-3H3,(H,21,25);1H. The van der Waals surface area contributed by atoms with Gasteiger partial charge in [-0.25, -0.2) is 4.68 Å². The van der Waals surface area contributed by atoms with E-state index in [0.29, 0.717) is 24.9 Å². The number of halogens is 1. The average molecular weight is 394 g/mol. The summed E-state index contributed by atoms with van der Waals surface area (Å²) in [6, 6.07) is 6.36. The Hall–Kier alpha value is -2.12. The van der Waals surface area contributed by atoms with Gasteiger partial charge in [0.05, 0.1) is 18.3 Å². The quantitative estimate of drug-likeness (QED) is 0.736. The van der Waals surface area contributed by atoms with Crippen LogP contribution in [0.2, 0.25) is 0 Å². The van der Waals surface area contributed by atoms with Crippen molar-refractivity contribution in [3.05, 3.63) is 40.7 Å². The van der Waals surface area contributed by atoms with Crippen LogP contribution in [0.15, 0.2) is 18.2 Å². The van der Waals surface area contributed by atoms with Gasteiger partial charge in [0.2, 0.25) is 0 Å². The maximum atomic E-state index is 12.4. The fraction of sp³-hybridized carbons (Fsp3) is 0.526. The Morgan fingerprint density at radius 1 is 1.26 bits per heavy atom. The zero-order valence-electron chi connectivity index (χ0n) is 16.1. The zero-order chi connectivity index (χ0) is 18.5. The summed E-state index contributed by atoms with van der Waals surface area (Å²) in [5, 5.41) is 14.5. The molecule has 0 spiro atoms. The first-order chi connectivity index (χ1) is 12.6. The number of carbonyl (C=O) groups is 1. The summed E-state index contributed by atoms with van der Waals surface area (Å²) < 4.78 is 7.71. The smallest absolute Gasteiger partial charge is 0.273 e. The maximum Gasteiger partial charge on any atom is 0.273 e. The molecule has 0 radical (unpaired) electrons. The highest BCUT2D eigenvalue weighted by atomic mass is 35.5. The van der Waals surface area contributed by atoms with Crippen molar-refractivity contribution in [3.63, 3.8) is 0 Å². The number of nitrogens with zero attached hydrogens (tertiary/aromatic N) is 3. The molecule has 7 nitrogen and oxygen atoms in total. The molecule has 1 aromatic carbocycles. The molecule has 1 amide bonds. The molecule has 2 N–H and O–H groups in total. The Bertz CT molecular complexity index is 751. The van der Waals surface area contributed by atoms with Gasteiger partial charge in [0, 0.05) is 0 Å². The predicted octanol–water partition coefficient (Wildman–Crippen LogP) is 2.36. The largest absolute Gasteiger partial charge is 0.491 e. The van der Waals surface area contributed by atoms with Crippen LogP contribution in [0, 0.1) is 20.8 Å². The molecule has 0 atom stereocenters. The van der Waals surface area contributed by atoms with E-state index < -0.39 is 0 Å². The van der Waals surface area contributed by atoms with E-state index in [1.54, 1.807) is 0 Å². The number of amides is 1. The summed E-state index contributed by atoms with van der Waals surface area (Å²) in [6.07, 6.45) is 2.02. The van der Waals surface area contributed by atoms with Crippen molar-refractivity contribution in [2.45, 2.75) is 39.7 Å². The van der Waals surface area contributed by atoms with Crippen molar-refractivity contribution in [2.24, 2.45) is 0 Å². The van der Waals surface area contributed by atoms with Gasteiger partial charge in [0.1, 0.15) is 12.4 Å². The molecule has 148 valence electrons. The number of hydrogen-bond acceptors (Lipinski definition) is 5. The van der Waals surface area contributed by atoms with Gasteiger partial charge in [-0.1, -0.05) is 23.4 Å². The van der Waals surface area contributed by atoms with Crippen LogP contribution in [0.4, 0.5) is 0 Å². The van der Waals surface area contributed by atoms with Gasteiger partial charge in [0.25, 0.3) is 5.91 Å². The Kier molecular flexibility index (Phi) is 7.62. The highest BCUT2D eigenvalue weighted by molar-refractivity contribution is 5.93. The van der Waals surface area contributed by atoms with Crippen molar-refractivity contribution >= 4 is 18.3 Å². The van der Waals surface area contributed by atoms with Crippen molar-refractivity contribution in [3.8, 4) is 5.75 Å². The molecule has 0 unspecified atom stereocenters. The number of piperidine rings is 1. The molecule has 8 heteroatoms. The van der Waals surface area contributed by atoms with E-state index in [-0.39, 0.29) is 18.3 Å². The Labute approximate surface area is 166 Å². The summed E-state index contributed by atoms with van der Waals surface area (Å²) in [5.41, 5.74) is 3.41. The number of benzene rings is 1. The first kappa shape index (κ1) is 21.2. The van der Waals surface area contributed by atoms with E-state index in [1.165, 1.54) is 0 Å². The predicted molar refractivity (Wildman–Crippen MR) is 107 cm³/mol. The van der Waals surface area contributed by atoms with Gasteiger partial charge < -0.3 is 15.4 Å². The van der Waals surface area contributed by atoms with Crippen molar-refractivity contribution < 1.29 is 9.53 Å². The third kappa shape index (κ3) is 4.99. The number of aromatic nitrogens is 3. The molecule has 3 rings (SSSR count). The zero-order valence-corrected chi connectivity index (χ0v) is 16.9. The van der Waals surface area contributed by atoms with Crippen LogP contribution in [-0.4, -0.2) is 47.1 Å². The second-order valence-corrected chi connectivity index (χ2v) is 6.77. The summed E-state index contributed by atoms with van der Waals surface area (Å²) in [4.78, 5) is 12.4. The van der Waals surface area contributed by atoms with Gasteiger partial charge in [-0.3, -0.25) is 4.79 Å². The fourth-order valence-corrected chi connectivity index (χ4v) is 3.38. The molecule has 1 fully saturated rings. The van der Waals surface area contributed by atoms with Crippen LogP contribution < -0.4 is 15.4 Å². The van der Waals surface area contributed by atoms with E-state index in [9.17, 15) is 4.79 Å². The molecule has 1 aromatic heterocycles. The SMILES string of the molecule is Cc1cccc(C)c1OCCNC(=O)c1nnn(C2CCNCC2)c1C.Cl. The minimum Gasteiger partial charge on any atom is -0.491 e. The average Bonchev–Trinajstić information content (AvgIpc) is 3.03. The first-order valence-electron chi connectivity index (χ1n) is 9.17. The number of ether oxygens (including phenoxy) is 1. The van der Waals surface area contributed by atoms with E-state index >= 15 is 0 Å². The number of rotatable bonds is 6. The van der Waals surface area contributed by atoms with Gasteiger partial charge in [-0.05, 0) is 57.8 Å². The molecule has 27 heavy (non-hydrogen) atoms. The monoisotopic (exact) mass is 393 g/mol. The number of carbonyl (C=O) groups excluding carboxylic acids is 1. The van der Waals surface area contributed by atoms with Crippen LogP contribution in [0.25, 0.3) is 0 Å².